The molecule has 1 atom stereocenters. The Morgan fingerprint density at radius 1 is 1.33 bits per heavy atom. The number of amides is 1. The number of aromatic nitrogens is 1. The molecule has 0 radical (unpaired) electrons. The van der Waals surface area contributed by atoms with E-state index in [-0.39, 0.29) is 11.7 Å². The molecule has 1 aromatic heterocycles. The highest BCUT2D eigenvalue weighted by molar-refractivity contribution is 7.15. The lowest BCUT2D eigenvalue weighted by molar-refractivity contribution is -0.892. The summed E-state index contributed by atoms with van der Waals surface area (Å²) < 4.78 is 13.1. The monoisotopic (exact) mass is 389 g/mol. The van der Waals surface area contributed by atoms with Gasteiger partial charge in [-0.25, -0.2) is 9.37 Å². The van der Waals surface area contributed by atoms with E-state index in [2.05, 4.69) is 22.1 Å². The van der Waals surface area contributed by atoms with Crippen LogP contribution in [-0.4, -0.2) is 43.6 Å². The third kappa shape index (κ3) is 4.47. The number of benzene rings is 1. The Bertz CT molecular complexity index is 799. The lowest BCUT2D eigenvalue weighted by Crippen LogP contribution is -3.15. The molecule has 2 N–H and O–H groups in total. The quantitative estimate of drug-likeness (QED) is 0.838. The Morgan fingerprint density at radius 2 is 2.07 bits per heavy atom. The Morgan fingerprint density at radius 3 is 2.81 bits per heavy atom. The number of rotatable bonds is 4. The van der Waals surface area contributed by atoms with E-state index < -0.39 is 0 Å². The number of fused-ring (bicyclic) bond motifs is 1. The molecule has 1 aliphatic carbocycles. The number of nitrogens with one attached hydrogen (secondary N) is 2. The predicted octanol–water partition coefficient (Wildman–Crippen LogP) is 1.75. The van der Waals surface area contributed by atoms with Crippen LogP contribution in [0.25, 0.3) is 0 Å². The van der Waals surface area contributed by atoms with E-state index in [1.54, 1.807) is 11.3 Å². The summed E-state index contributed by atoms with van der Waals surface area (Å²) in [6, 6.07) is 6.63. The highest BCUT2D eigenvalue weighted by Gasteiger charge is 2.24. The molecule has 2 aliphatic rings. The van der Waals surface area contributed by atoms with Gasteiger partial charge in [-0.05, 0) is 49.4 Å². The van der Waals surface area contributed by atoms with Crippen LogP contribution in [0.4, 0.5) is 15.2 Å². The number of halogens is 1. The van der Waals surface area contributed by atoms with Crippen LogP contribution in [0.2, 0.25) is 0 Å². The predicted molar refractivity (Wildman–Crippen MR) is 106 cm³/mol. The number of carbonyl (C=O) groups is 1. The molecule has 1 aliphatic heterocycles. The second-order valence-corrected chi connectivity index (χ2v) is 8.76. The molecule has 0 spiro atoms. The van der Waals surface area contributed by atoms with E-state index in [0.29, 0.717) is 12.5 Å². The van der Waals surface area contributed by atoms with Gasteiger partial charge in [-0.2, -0.15) is 0 Å². The molecule has 27 heavy (non-hydrogen) atoms. The minimum atomic E-state index is -0.210. The normalized spacial score (nSPS) is 20.4. The van der Waals surface area contributed by atoms with E-state index in [0.717, 1.165) is 49.8 Å². The molecule has 1 saturated heterocycles. The summed E-state index contributed by atoms with van der Waals surface area (Å²) in [6.45, 7) is 6.29. The number of thiazole rings is 1. The van der Waals surface area contributed by atoms with Crippen LogP contribution >= 0.6 is 11.3 Å². The first-order chi connectivity index (χ1) is 13.1. The highest BCUT2D eigenvalue weighted by atomic mass is 32.1. The van der Waals surface area contributed by atoms with Crippen molar-refractivity contribution >= 4 is 28.1 Å². The van der Waals surface area contributed by atoms with Gasteiger partial charge in [0.25, 0.3) is 5.91 Å². The van der Waals surface area contributed by atoms with Gasteiger partial charge in [0, 0.05) is 10.6 Å². The first kappa shape index (κ1) is 18.4. The van der Waals surface area contributed by atoms with Gasteiger partial charge in [-0.15, -0.1) is 11.3 Å². The fourth-order valence-corrected chi connectivity index (χ4v) is 5.08. The molecule has 144 valence electrons. The molecular weight excluding hydrogens is 363 g/mol. The van der Waals surface area contributed by atoms with Crippen LogP contribution in [0.3, 0.4) is 0 Å². The van der Waals surface area contributed by atoms with Gasteiger partial charge in [0.15, 0.2) is 11.7 Å². The summed E-state index contributed by atoms with van der Waals surface area (Å²) in [5.41, 5.74) is 2.22. The summed E-state index contributed by atoms with van der Waals surface area (Å²) >= 11 is 1.64. The number of anilines is 2. The maximum absolute atomic E-state index is 13.1. The summed E-state index contributed by atoms with van der Waals surface area (Å²) in [4.78, 5) is 21.9. The molecule has 7 heteroatoms. The molecular formula is C20H26FN4OS+. The van der Waals surface area contributed by atoms with Gasteiger partial charge < -0.3 is 9.80 Å². The zero-order valence-corrected chi connectivity index (χ0v) is 16.4. The number of aryl methyl sites for hydroxylation is 1. The van der Waals surface area contributed by atoms with Gasteiger partial charge in [-0.3, -0.25) is 10.1 Å². The summed E-state index contributed by atoms with van der Waals surface area (Å²) in [6.07, 6.45) is 3.30. The van der Waals surface area contributed by atoms with Crippen LogP contribution < -0.4 is 15.1 Å². The van der Waals surface area contributed by atoms with Gasteiger partial charge >= 0.3 is 0 Å². The highest BCUT2D eigenvalue weighted by Crippen LogP contribution is 2.31. The van der Waals surface area contributed by atoms with Crippen molar-refractivity contribution in [3.63, 3.8) is 0 Å². The van der Waals surface area contributed by atoms with Crippen LogP contribution in [-0.2, 0) is 17.6 Å². The van der Waals surface area contributed by atoms with Crippen molar-refractivity contribution in [2.24, 2.45) is 5.92 Å². The van der Waals surface area contributed by atoms with E-state index in [9.17, 15) is 9.18 Å². The molecule has 2 aromatic rings. The van der Waals surface area contributed by atoms with E-state index in [4.69, 9.17) is 0 Å². The Hall–Kier alpha value is -1.99. The maximum Gasteiger partial charge on any atom is 0.281 e. The number of hydrogen-bond acceptors (Lipinski definition) is 4. The topological polar surface area (TPSA) is 49.7 Å². The standard InChI is InChI=1S/C20H25FN4OS/c1-14-2-7-17-18(12-14)27-20(22-17)23-19(26)13-24-8-10-25(11-9-24)16-5-3-15(21)4-6-16/h3-6,14H,2,7-13H2,1H3,(H,22,23,26)/p+1/t14-/m0/s1. The van der Waals surface area contributed by atoms with Crippen molar-refractivity contribution in [3.05, 3.63) is 40.7 Å². The molecule has 0 unspecified atom stereocenters. The summed E-state index contributed by atoms with van der Waals surface area (Å²) in [7, 11) is 0. The van der Waals surface area contributed by atoms with Gasteiger partial charge in [0.1, 0.15) is 5.82 Å². The summed E-state index contributed by atoms with van der Waals surface area (Å²) in [5.74, 6) is 0.542. The minimum Gasteiger partial charge on any atom is -0.360 e. The lowest BCUT2D eigenvalue weighted by atomic mass is 9.93. The van der Waals surface area contributed by atoms with Crippen molar-refractivity contribution in [2.75, 3.05) is 42.9 Å². The minimum absolute atomic E-state index is 0.0411. The van der Waals surface area contributed by atoms with Crippen LogP contribution in [0.5, 0.6) is 0 Å². The number of piperazine rings is 1. The largest absolute Gasteiger partial charge is 0.360 e. The molecule has 0 saturated carbocycles. The average molecular weight is 390 g/mol. The fourth-order valence-electron chi connectivity index (χ4n) is 3.89. The van der Waals surface area contributed by atoms with E-state index >= 15 is 0 Å². The molecule has 4 rings (SSSR count). The number of quaternary nitrogens is 1. The van der Waals surface area contributed by atoms with Crippen molar-refractivity contribution < 1.29 is 14.1 Å². The van der Waals surface area contributed by atoms with Gasteiger partial charge in [0.05, 0.1) is 31.9 Å². The Kier molecular flexibility index (Phi) is 5.41. The van der Waals surface area contributed by atoms with Gasteiger partial charge in [0.2, 0.25) is 0 Å². The maximum atomic E-state index is 13.1. The van der Waals surface area contributed by atoms with Crippen LogP contribution in [0.15, 0.2) is 24.3 Å². The first-order valence-electron chi connectivity index (χ1n) is 9.69. The Labute approximate surface area is 163 Å². The fraction of sp³-hybridized carbons (Fsp3) is 0.500. The summed E-state index contributed by atoms with van der Waals surface area (Å²) in [5, 5.41) is 3.76. The lowest BCUT2D eigenvalue weighted by Gasteiger charge is -2.33. The van der Waals surface area contributed by atoms with Crippen LogP contribution in [0, 0.1) is 11.7 Å². The third-order valence-electron chi connectivity index (χ3n) is 5.51. The Balaban J connectivity index is 1.27. The molecule has 1 fully saturated rings. The molecule has 5 nitrogen and oxygen atoms in total. The second kappa shape index (κ2) is 7.94. The number of nitrogens with zero attached hydrogens (tertiary/aromatic N) is 2. The van der Waals surface area contributed by atoms with Crippen molar-refractivity contribution in [1.82, 2.24) is 4.98 Å². The molecule has 0 bridgehead atoms. The average Bonchev–Trinajstić information content (AvgIpc) is 3.04. The van der Waals surface area contributed by atoms with Crippen molar-refractivity contribution in [2.45, 2.75) is 26.2 Å². The number of hydrogen-bond donors (Lipinski definition) is 2. The zero-order chi connectivity index (χ0) is 18.8. The smallest absolute Gasteiger partial charge is 0.281 e. The number of carbonyl (C=O) groups excluding carboxylic acids is 1. The van der Waals surface area contributed by atoms with E-state index in [1.807, 2.05) is 12.1 Å². The van der Waals surface area contributed by atoms with Gasteiger partial charge in [-0.1, -0.05) is 6.92 Å². The molecule has 1 amide bonds. The first-order valence-corrected chi connectivity index (χ1v) is 10.5. The third-order valence-corrected chi connectivity index (χ3v) is 6.54. The zero-order valence-electron chi connectivity index (χ0n) is 15.6. The van der Waals surface area contributed by atoms with Crippen molar-refractivity contribution in [3.8, 4) is 0 Å². The van der Waals surface area contributed by atoms with Crippen LogP contribution in [0.1, 0.15) is 23.9 Å². The molecule has 2 heterocycles. The van der Waals surface area contributed by atoms with Crippen molar-refractivity contribution in [1.29, 1.82) is 0 Å². The molecule has 1 aromatic carbocycles. The second-order valence-electron chi connectivity index (χ2n) is 7.68. The SMILES string of the molecule is C[C@H]1CCc2nc(NC(=O)C[NH+]3CCN(c4ccc(F)cc4)CC3)sc2C1. The van der Waals surface area contributed by atoms with E-state index in [1.165, 1.54) is 34.0 Å².